The van der Waals surface area contributed by atoms with Crippen molar-refractivity contribution in [1.82, 2.24) is 14.9 Å². The van der Waals surface area contributed by atoms with Crippen LogP contribution in [-0.2, 0) is 13.0 Å². The number of hydrogen-bond donors (Lipinski definition) is 3. The lowest BCUT2D eigenvalue weighted by Crippen LogP contribution is -2.47. The monoisotopic (exact) mass is 298 g/mol. The quantitative estimate of drug-likeness (QED) is 0.330. The first-order chi connectivity index (χ1) is 10.8. The summed E-state index contributed by atoms with van der Waals surface area (Å²) in [7, 11) is 0. The second kappa shape index (κ2) is 5.30. The van der Waals surface area contributed by atoms with Crippen LogP contribution >= 0.6 is 0 Å². The van der Waals surface area contributed by atoms with Gasteiger partial charge in [0.2, 0.25) is 0 Å². The van der Waals surface area contributed by atoms with E-state index in [-0.39, 0.29) is 6.04 Å². The van der Waals surface area contributed by atoms with Crippen LogP contribution in [0.4, 0.5) is 0 Å². The number of benzene rings is 1. The van der Waals surface area contributed by atoms with Crippen LogP contribution < -0.4 is 17.0 Å². The minimum absolute atomic E-state index is 0.244. The number of hydrogen-bond acceptors (Lipinski definition) is 4. The fraction of sp³-hybridized carbons (Fsp3) is 0.438. The highest BCUT2D eigenvalue weighted by molar-refractivity contribution is 6.10. The van der Waals surface area contributed by atoms with Crippen LogP contribution in [0.2, 0.25) is 0 Å². The zero-order valence-corrected chi connectivity index (χ0v) is 12.6. The summed E-state index contributed by atoms with van der Waals surface area (Å²) in [6.45, 7) is 2.91. The molecular weight excluding hydrogens is 276 g/mol. The van der Waals surface area contributed by atoms with Crippen molar-refractivity contribution < 1.29 is 0 Å². The van der Waals surface area contributed by atoms with Crippen molar-refractivity contribution in [2.24, 2.45) is 16.8 Å². The largest absolute Gasteiger partial charge is 0.346 e. The molecule has 1 unspecified atom stereocenters. The molecule has 2 aliphatic rings. The second-order valence-electron chi connectivity index (χ2n) is 6.16. The molecule has 0 bridgehead atoms. The summed E-state index contributed by atoms with van der Waals surface area (Å²) in [5.74, 6) is 12.7. The molecule has 6 nitrogen and oxygen atoms in total. The molecule has 22 heavy (non-hydrogen) atoms. The zero-order chi connectivity index (χ0) is 15.1. The van der Waals surface area contributed by atoms with Crippen molar-refractivity contribution in [2.75, 3.05) is 13.1 Å². The predicted molar refractivity (Wildman–Crippen MR) is 88.3 cm³/mol. The average molecular weight is 298 g/mol. The highest BCUT2D eigenvalue weighted by atomic mass is 15.5. The first-order valence-corrected chi connectivity index (χ1v) is 7.93. The summed E-state index contributed by atoms with van der Waals surface area (Å²) in [4.78, 5) is 0. The summed E-state index contributed by atoms with van der Waals surface area (Å²) in [6, 6.07) is 6.71. The normalized spacial score (nSPS) is 21.5. The summed E-state index contributed by atoms with van der Waals surface area (Å²) in [5, 5.41) is 10.3. The zero-order valence-electron chi connectivity index (χ0n) is 12.6. The number of para-hydroxylation sites is 1. The topological polar surface area (TPSA) is 84.6 Å². The van der Waals surface area contributed by atoms with E-state index in [4.69, 9.17) is 11.7 Å². The molecule has 1 fully saturated rings. The van der Waals surface area contributed by atoms with Gasteiger partial charge in [0, 0.05) is 30.2 Å². The van der Waals surface area contributed by atoms with Gasteiger partial charge in [-0.25, -0.2) is 5.84 Å². The van der Waals surface area contributed by atoms with Crippen molar-refractivity contribution in [3.63, 3.8) is 0 Å². The lowest BCUT2D eigenvalue weighted by atomic mass is 10.0. The Hall–Kier alpha value is -2.05. The molecule has 5 N–H and O–H groups in total. The molecule has 0 saturated carbocycles. The van der Waals surface area contributed by atoms with E-state index in [0.717, 1.165) is 38.0 Å². The summed E-state index contributed by atoms with van der Waals surface area (Å²) >= 11 is 0. The van der Waals surface area contributed by atoms with Gasteiger partial charge >= 0.3 is 0 Å². The van der Waals surface area contributed by atoms with E-state index >= 15 is 0 Å². The molecule has 1 aromatic carbocycles. The summed E-state index contributed by atoms with van der Waals surface area (Å²) < 4.78 is 2.31. The van der Waals surface area contributed by atoms with Gasteiger partial charge in [-0.05, 0) is 31.4 Å². The van der Waals surface area contributed by atoms with Gasteiger partial charge in [0.1, 0.15) is 0 Å². The van der Waals surface area contributed by atoms with Gasteiger partial charge in [-0.2, -0.15) is 5.10 Å². The van der Waals surface area contributed by atoms with Crippen LogP contribution in [0.3, 0.4) is 0 Å². The van der Waals surface area contributed by atoms with Gasteiger partial charge in [-0.1, -0.05) is 18.2 Å². The van der Waals surface area contributed by atoms with E-state index in [9.17, 15) is 0 Å². The maximum atomic E-state index is 6.33. The van der Waals surface area contributed by atoms with Crippen molar-refractivity contribution in [1.29, 1.82) is 0 Å². The van der Waals surface area contributed by atoms with Crippen LogP contribution in [0.5, 0.6) is 0 Å². The van der Waals surface area contributed by atoms with E-state index in [1.807, 2.05) is 0 Å². The first kappa shape index (κ1) is 13.6. The van der Waals surface area contributed by atoms with Crippen LogP contribution in [0.25, 0.3) is 10.9 Å². The second-order valence-corrected chi connectivity index (χ2v) is 6.16. The maximum Gasteiger partial charge on any atom is 0.171 e. The Morgan fingerprint density at radius 1 is 1.41 bits per heavy atom. The molecule has 2 aliphatic heterocycles. The molecule has 0 radical (unpaired) electrons. The van der Waals surface area contributed by atoms with Crippen LogP contribution in [0.15, 0.2) is 29.5 Å². The smallest absolute Gasteiger partial charge is 0.171 e. The van der Waals surface area contributed by atoms with Crippen LogP contribution in [-0.4, -0.2) is 34.5 Å². The molecule has 0 spiro atoms. The Kier molecular flexibility index (Phi) is 3.28. The fourth-order valence-electron chi connectivity index (χ4n) is 3.76. The third kappa shape index (κ3) is 1.99. The van der Waals surface area contributed by atoms with Gasteiger partial charge in [0.25, 0.3) is 0 Å². The van der Waals surface area contributed by atoms with Crippen molar-refractivity contribution in [3.05, 3.63) is 35.5 Å². The molecule has 1 atom stereocenters. The molecular formula is C16H22N6. The van der Waals surface area contributed by atoms with Gasteiger partial charge in [-0.3, -0.25) is 5.01 Å². The van der Waals surface area contributed by atoms with E-state index in [2.05, 4.69) is 39.4 Å². The minimum atomic E-state index is 0.244. The Morgan fingerprint density at radius 2 is 2.32 bits per heavy atom. The number of nitrogens with two attached hydrogens (primary N) is 2. The maximum absolute atomic E-state index is 6.33. The lowest BCUT2D eigenvalue weighted by Gasteiger charge is -2.25. The average Bonchev–Trinajstić information content (AvgIpc) is 3.19. The number of rotatable bonds is 2. The van der Waals surface area contributed by atoms with Crippen molar-refractivity contribution >= 4 is 16.7 Å². The molecule has 2 aromatic rings. The van der Waals surface area contributed by atoms with E-state index in [0.29, 0.717) is 5.84 Å². The van der Waals surface area contributed by atoms with E-state index < -0.39 is 0 Å². The Bertz CT molecular complexity index is 726. The summed E-state index contributed by atoms with van der Waals surface area (Å²) in [5.41, 5.74) is 3.75. The number of aromatic nitrogens is 1. The highest BCUT2D eigenvalue weighted by Gasteiger charge is 2.26. The van der Waals surface area contributed by atoms with E-state index in [1.54, 1.807) is 5.01 Å². The standard InChI is InChI=1S/C16H22N6/c17-20-16(22(18)12-6-7-19-9-12)14-10-21-8-2-4-11-3-1-5-13(14)15(11)21/h1,3,5,10,12,19H,2,4,6-9,17-18H2/b20-16-. The molecule has 1 saturated heterocycles. The minimum Gasteiger partial charge on any atom is -0.346 e. The van der Waals surface area contributed by atoms with Gasteiger partial charge in [0.05, 0.1) is 11.6 Å². The number of nitrogens with zero attached hydrogens (tertiary/aromatic N) is 3. The molecule has 1 aromatic heterocycles. The molecule has 116 valence electrons. The van der Waals surface area contributed by atoms with E-state index in [1.165, 1.54) is 22.9 Å². The molecule has 6 heteroatoms. The number of amidine groups is 1. The molecule has 3 heterocycles. The Morgan fingerprint density at radius 3 is 3.09 bits per heavy atom. The fourth-order valence-corrected chi connectivity index (χ4v) is 3.76. The first-order valence-electron chi connectivity index (χ1n) is 7.93. The van der Waals surface area contributed by atoms with Crippen LogP contribution in [0, 0.1) is 0 Å². The van der Waals surface area contributed by atoms with Gasteiger partial charge in [-0.15, -0.1) is 0 Å². The number of nitrogens with one attached hydrogen (secondary N) is 1. The number of aryl methyl sites for hydroxylation is 2. The van der Waals surface area contributed by atoms with Crippen molar-refractivity contribution in [2.45, 2.75) is 31.8 Å². The lowest BCUT2D eigenvalue weighted by molar-refractivity contribution is 0.340. The van der Waals surface area contributed by atoms with Gasteiger partial charge < -0.3 is 15.7 Å². The Balaban J connectivity index is 1.81. The Labute approximate surface area is 129 Å². The molecule has 0 aliphatic carbocycles. The summed E-state index contributed by atoms with van der Waals surface area (Å²) in [6.07, 6.45) is 5.48. The number of hydrazine groups is 1. The highest BCUT2D eigenvalue weighted by Crippen LogP contribution is 2.30. The third-order valence-corrected chi connectivity index (χ3v) is 4.86. The number of hydrazone groups is 1. The van der Waals surface area contributed by atoms with Gasteiger partial charge in [0.15, 0.2) is 5.84 Å². The molecule has 4 rings (SSSR count). The molecule has 0 amide bonds. The SMILES string of the molecule is N/N=C(/c1cn2c3c(cccc13)CCC2)N(N)C1CCNC1. The predicted octanol–water partition coefficient (Wildman–Crippen LogP) is 0.745. The third-order valence-electron chi connectivity index (χ3n) is 4.86. The van der Waals surface area contributed by atoms with Crippen LogP contribution in [0.1, 0.15) is 24.0 Å². The van der Waals surface area contributed by atoms with Crippen molar-refractivity contribution in [3.8, 4) is 0 Å².